The van der Waals surface area contributed by atoms with Crippen LogP contribution in [-0.4, -0.2) is 17.8 Å². The van der Waals surface area contributed by atoms with E-state index in [1.807, 2.05) is 6.07 Å². The Morgan fingerprint density at radius 3 is 2.67 bits per heavy atom. The van der Waals surface area contributed by atoms with Crippen LogP contribution in [0.25, 0.3) is 0 Å². The molecule has 0 unspecified atom stereocenters. The monoisotopic (exact) mass is 407 g/mol. The number of anilines is 1. The molecule has 1 heterocycles. The van der Waals surface area contributed by atoms with Crippen LogP contribution in [-0.2, 0) is 12.8 Å². The molecule has 0 saturated carbocycles. The molecule has 0 radical (unpaired) electrons. The Balaban J connectivity index is 1.92. The molecule has 0 fully saturated rings. The van der Waals surface area contributed by atoms with Gasteiger partial charge in [0.2, 0.25) is 0 Å². The van der Waals surface area contributed by atoms with Crippen LogP contribution in [0.1, 0.15) is 37.6 Å². The number of halogens is 1. The number of thiophene rings is 1. The normalized spacial score (nSPS) is 12.5. The quantitative estimate of drug-likeness (QED) is 0.728. The minimum absolute atomic E-state index is 0.315. The van der Waals surface area contributed by atoms with Gasteiger partial charge >= 0.3 is 6.03 Å². The zero-order chi connectivity index (χ0) is 17.3. The van der Waals surface area contributed by atoms with Crippen LogP contribution in [0.15, 0.2) is 28.7 Å². The Bertz CT molecular complexity index is 847. The van der Waals surface area contributed by atoms with Crippen LogP contribution in [0.3, 0.4) is 0 Å². The molecule has 4 amide bonds. The van der Waals surface area contributed by atoms with Crippen LogP contribution < -0.4 is 16.4 Å². The molecule has 1 aliphatic carbocycles. The van der Waals surface area contributed by atoms with Gasteiger partial charge in [0.25, 0.3) is 11.8 Å². The standard InChI is InChI=1S/C16H14BrN3O3S/c17-9-4-1-3-8(7-9)13(21)19-15-12(14(22)20-16(18)23)10-5-2-6-11(10)24-15/h1,3-4,7H,2,5-6H2,(H,19,21)(H3,18,20,22,23). The highest BCUT2D eigenvalue weighted by atomic mass is 79.9. The lowest BCUT2D eigenvalue weighted by Crippen LogP contribution is -2.35. The number of hydrogen-bond donors (Lipinski definition) is 3. The number of carbonyl (C=O) groups excluding carboxylic acids is 3. The van der Waals surface area contributed by atoms with Crippen molar-refractivity contribution in [2.45, 2.75) is 19.3 Å². The van der Waals surface area contributed by atoms with E-state index in [0.29, 0.717) is 16.1 Å². The summed E-state index contributed by atoms with van der Waals surface area (Å²) < 4.78 is 0.788. The molecular weight excluding hydrogens is 394 g/mol. The summed E-state index contributed by atoms with van der Waals surface area (Å²) >= 11 is 4.70. The third kappa shape index (κ3) is 3.34. The van der Waals surface area contributed by atoms with E-state index in [0.717, 1.165) is 34.2 Å². The molecule has 3 rings (SSSR count). The molecule has 1 aliphatic rings. The minimum Gasteiger partial charge on any atom is -0.351 e. The molecule has 0 atom stereocenters. The lowest BCUT2D eigenvalue weighted by atomic mass is 10.1. The molecule has 0 spiro atoms. The van der Waals surface area contributed by atoms with E-state index in [1.54, 1.807) is 18.2 Å². The van der Waals surface area contributed by atoms with E-state index in [1.165, 1.54) is 11.3 Å². The largest absolute Gasteiger partial charge is 0.351 e. The van der Waals surface area contributed by atoms with Crippen molar-refractivity contribution in [1.29, 1.82) is 0 Å². The number of fused-ring (bicyclic) bond motifs is 1. The number of aryl methyl sites for hydroxylation is 1. The maximum absolute atomic E-state index is 12.4. The van der Waals surface area contributed by atoms with Gasteiger partial charge in [-0.2, -0.15) is 0 Å². The highest BCUT2D eigenvalue weighted by molar-refractivity contribution is 9.10. The Morgan fingerprint density at radius 1 is 1.17 bits per heavy atom. The molecule has 24 heavy (non-hydrogen) atoms. The molecule has 0 bridgehead atoms. The van der Waals surface area contributed by atoms with Crippen molar-refractivity contribution in [3.8, 4) is 0 Å². The average Bonchev–Trinajstić information content (AvgIpc) is 3.06. The van der Waals surface area contributed by atoms with Gasteiger partial charge in [0, 0.05) is 14.9 Å². The molecule has 6 nitrogen and oxygen atoms in total. The number of carbonyl (C=O) groups is 3. The SMILES string of the molecule is NC(=O)NC(=O)c1c(NC(=O)c2cccc(Br)c2)sc2c1CCC2. The molecule has 4 N–H and O–H groups in total. The number of rotatable bonds is 3. The van der Waals surface area contributed by atoms with Gasteiger partial charge in [-0.15, -0.1) is 11.3 Å². The van der Waals surface area contributed by atoms with E-state index in [9.17, 15) is 14.4 Å². The van der Waals surface area contributed by atoms with Gasteiger partial charge in [-0.05, 0) is 43.0 Å². The lowest BCUT2D eigenvalue weighted by molar-refractivity contribution is 0.0966. The summed E-state index contributed by atoms with van der Waals surface area (Å²) in [5.41, 5.74) is 6.75. The number of benzene rings is 1. The summed E-state index contributed by atoms with van der Waals surface area (Å²) in [4.78, 5) is 36.8. The summed E-state index contributed by atoms with van der Waals surface area (Å²) in [6.07, 6.45) is 2.57. The maximum Gasteiger partial charge on any atom is 0.319 e. The third-order valence-corrected chi connectivity index (χ3v) is 5.40. The topological polar surface area (TPSA) is 101 Å². The Kier molecular flexibility index (Phi) is 4.68. The molecule has 8 heteroatoms. The average molecular weight is 408 g/mol. The molecular formula is C16H14BrN3O3S. The van der Waals surface area contributed by atoms with Gasteiger partial charge in [-0.1, -0.05) is 22.0 Å². The fourth-order valence-corrected chi connectivity index (χ4v) is 4.39. The zero-order valence-corrected chi connectivity index (χ0v) is 14.9. The predicted molar refractivity (Wildman–Crippen MR) is 95.5 cm³/mol. The third-order valence-electron chi connectivity index (χ3n) is 3.70. The minimum atomic E-state index is -0.915. The van der Waals surface area contributed by atoms with Crippen molar-refractivity contribution in [3.05, 3.63) is 50.3 Å². The Labute approximate surface area is 150 Å². The second-order valence-corrected chi connectivity index (χ2v) is 7.37. The van der Waals surface area contributed by atoms with Crippen LogP contribution in [0, 0.1) is 0 Å². The second-order valence-electron chi connectivity index (χ2n) is 5.34. The van der Waals surface area contributed by atoms with Gasteiger partial charge < -0.3 is 11.1 Å². The van der Waals surface area contributed by atoms with Crippen LogP contribution in [0.2, 0.25) is 0 Å². The number of primary amides is 1. The maximum atomic E-state index is 12.4. The highest BCUT2D eigenvalue weighted by Gasteiger charge is 2.28. The van der Waals surface area contributed by atoms with Crippen LogP contribution in [0.4, 0.5) is 9.80 Å². The molecule has 1 aromatic carbocycles. The number of nitrogens with two attached hydrogens (primary N) is 1. The van der Waals surface area contributed by atoms with Crippen molar-refractivity contribution in [2.75, 3.05) is 5.32 Å². The van der Waals surface area contributed by atoms with E-state index in [4.69, 9.17) is 5.73 Å². The fourth-order valence-electron chi connectivity index (χ4n) is 2.71. The van der Waals surface area contributed by atoms with E-state index in [2.05, 4.69) is 26.6 Å². The van der Waals surface area contributed by atoms with Crippen molar-refractivity contribution in [1.82, 2.24) is 5.32 Å². The van der Waals surface area contributed by atoms with Gasteiger partial charge in [-0.3, -0.25) is 14.9 Å². The molecule has 2 aromatic rings. The van der Waals surface area contributed by atoms with Gasteiger partial charge in [0.1, 0.15) is 5.00 Å². The summed E-state index contributed by atoms with van der Waals surface area (Å²) in [5.74, 6) is -0.893. The zero-order valence-electron chi connectivity index (χ0n) is 12.5. The van der Waals surface area contributed by atoms with Crippen molar-refractivity contribution in [2.24, 2.45) is 5.73 Å². The Hall–Kier alpha value is -2.19. The van der Waals surface area contributed by atoms with Gasteiger partial charge in [0.15, 0.2) is 0 Å². The van der Waals surface area contributed by atoms with E-state index in [-0.39, 0.29) is 5.91 Å². The van der Waals surface area contributed by atoms with Crippen LogP contribution >= 0.6 is 27.3 Å². The Morgan fingerprint density at radius 2 is 1.96 bits per heavy atom. The summed E-state index contributed by atoms with van der Waals surface area (Å²) in [6, 6.07) is 6.04. The van der Waals surface area contributed by atoms with Crippen LogP contribution in [0.5, 0.6) is 0 Å². The number of imide groups is 1. The number of amides is 4. The first-order valence-corrected chi connectivity index (χ1v) is 8.89. The van der Waals surface area contributed by atoms with Gasteiger partial charge in [-0.25, -0.2) is 4.79 Å². The number of hydrogen-bond acceptors (Lipinski definition) is 4. The first kappa shape index (κ1) is 16.7. The second kappa shape index (κ2) is 6.74. The number of nitrogens with one attached hydrogen (secondary N) is 2. The fraction of sp³-hybridized carbons (Fsp3) is 0.188. The first-order chi connectivity index (χ1) is 11.5. The van der Waals surface area contributed by atoms with Crippen molar-refractivity contribution in [3.63, 3.8) is 0 Å². The lowest BCUT2D eigenvalue weighted by Gasteiger charge is -2.08. The van der Waals surface area contributed by atoms with Crippen molar-refractivity contribution < 1.29 is 14.4 Å². The summed E-state index contributed by atoms with van der Waals surface area (Å²) in [6.45, 7) is 0. The number of urea groups is 1. The molecule has 1 aromatic heterocycles. The van der Waals surface area contributed by atoms with E-state index < -0.39 is 11.9 Å². The first-order valence-electron chi connectivity index (χ1n) is 7.28. The summed E-state index contributed by atoms with van der Waals surface area (Å²) in [5, 5.41) is 5.32. The van der Waals surface area contributed by atoms with Gasteiger partial charge in [0.05, 0.1) is 5.56 Å². The smallest absolute Gasteiger partial charge is 0.319 e. The van der Waals surface area contributed by atoms with E-state index >= 15 is 0 Å². The summed E-state index contributed by atoms with van der Waals surface area (Å²) in [7, 11) is 0. The van der Waals surface area contributed by atoms with Crippen molar-refractivity contribution >= 4 is 50.1 Å². The predicted octanol–water partition coefficient (Wildman–Crippen LogP) is 3.06. The molecule has 0 aliphatic heterocycles. The molecule has 0 saturated heterocycles. The highest BCUT2D eigenvalue weighted by Crippen LogP contribution is 2.39. The molecule has 124 valence electrons.